The van der Waals surface area contributed by atoms with Crippen LogP contribution in [0.25, 0.3) is 0 Å². The predicted molar refractivity (Wildman–Crippen MR) is 173 cm³/mol. The number of ether oxygens (including phenoxy) is 5. The summed E-state index contributed by atoms with van der Waals surface area (Å²) in [6.07, 6.45) is 20.1. The van der Waals surface area contributed by atoms with Gasteiger partial charge in [0.2, 0.25) is 0 Å². The molecular formula is C34H60O9S. The second-order valence-electron chi connectivity index (χ2n) is 11.0. The maximum absolute atomic E-state index is 12.0. The number of unbranched alkanes of at least 4 members (excludes halogenated alkanes) is 14. The van der Waals surface area contributed by atoms with Gasteiger partial charge in [0.1, 0.15) is 6.61 Å². The fraction of sp³-hybridized carbons (Fsp3) is 0.794. The van der Waals surface area contributed by atoms with Crippen molar-refractivity contribution in [2.75, 3.05) is 66.1 Å². The van der Waals surface area contributed by atoms with Crippen LogP contribution >= 0.6 is 0 Å². The average Bonchev–Trinajstić information content (AvgIpc) is 3.03. The molecule has 0 aliphatic carbocycles. The van der Waals surface area contributed by atoms with Gasteiger partial charge in [-0.25, -0.2) is 0 Å². The summed E-state index contributed by atoms with van der Waals surface area (Å²) in [7, 11) is -3.75. The van der Waals surface area contributed by atoms with Gasteiger partial charge in [0.25, 0.3) is 10.1 Å². The van der Waals surface area contributed by atoms with Gasteiger partial charge < -0.3 is 23.7 Å². The van der Waals surface area contributed by atoms with Crippen LogP contribution in [0.15, 0.2) is 35.2 Å². The molecule has 1 rings (SSSR count). The summed E-state index contributed by atoms with van der Waals surface area (Å²) in [6.45, 7) is 5.39. The average molecular weight is 645 g/mol. The van der Waals surface area contributed by atoms with E-state index in [2.05, 4.69) is 6.92 Å². The van der Waals surface area contributed by atoms with Gasteiger partial charge in [-0.05, 0) is 18.6 Å². The molecule has 0 heterocycles. The van der Waals surface area contributed by atoms with Gasteiger partial charge in [-0.3, -0.25) is 8.98 Å². The molecule has 1 aromatic carbocycles. The van der Waals surface area contributed by atoms with Crippen LogP contribution in [0, 0.1) is 0 Å². The summed E-state index contributed by atoms with van der Waals surface area (Å²) in [5.41, 5.74) is 0. The molecule has 0 atom stereocenters. The molecule has 0 unspecified atom stereocenters. The third kappa shape index (κ3) is 25.7. The first-order chi connectivity index (χ1) is 21.6. The topological polar surface area (TPSA) is 107 Å². The molecule has 0 saturated heterocycles. The van der Waals surface area contributed by atoms with Crippen LogP contribution in [-0.4, -0.2) is 80.5 Å². The fourth-order valence-corrected chi connectivity index (χ4v) is 5.46. The van der Waals surface area contributed by atoms with Crippen molar-refractivity contribution < 1.29 is 41.1 Å². The highest BCUT2D eigenvalue weighted by atomic mass is 32.2. The SMILES string of the molecule is CCCCCCCCCCCCCCCCCC(=O)OCCOCCOCCOCCOCCOS(=O)(=O)c1ccccc1. The zero-order valence-corrected chi connectivity index (χ0v) is 28.2. The van der Waals surface area contributed by atoms with Crippen molar-refractivity contribution in [3.63, 3.8) is 0 Å². The first kappa shape index (κ1) is 40.5. The summed E-state index contributed by atoms with van der Waals surface area (Å²) in [5, 5.41) is 0. The minimum Gasteiger partial charge on any atom is -0.463 e. The van der Waals surface area contributed by atoms with Gasteiger partial charge in [-0.2, -0.15) is 8.42 Å². The lowest BCUT2D eigenvalue weighted by Crippen LogP contribution is -2.15. The largest absolute Gasteiger partial charge is 0.463 e. The van der Waals surface area contributed by atoms with E-state index in [0.717, 1.165) is 12.8 Å². The van der Waals surface area contributed by atoms with E-state index in [1.54, 1.807) is 18.2 Å². The summed E-state index contributed by atoms with van der Waals surface area (Å²) in [6, 6.07) is 7.99. The zero-order valence-electron chi connectivity index (χ0n) is 27.4. The highest BCUT2D eigenvalue weighted by molar-refractivity contribution is 7.86. The Bertz CT molecular complexity index is 865. The van der Waals surface area contributed by atoms with Crippen molar-refractivity contribution >= 4 is 16.1 Å². The van der Waals surface area contributed by atoms with Gasteiger partial charge in [-0.15, -0.1) is 0 Å². The first-order valence-corrected chi connectivity index (χ1v) is 18.4. The number of hydrogen-bond donors (Lipinski definition) is 0. The monoisotopic (exact) mass is 644 g/mol. The maximum Gasteiger partial charge on any atom is 0.305 e. The molecular weight excluding hydrogens is 584 g/mol. The Balaban J connectivity index is 1.73. The summed E-state index contributed by atoms with van der Waals surface area (Å²) < 4.78 is 55.7. The summed E-state index contributed by atoms with van der Waals surface area (Å²) in [5.74, 6) is -0.148. The normalized spacial score (nSPS) is 11.7. The molecule has 1 aromatic rings. The van der Waals surface area contributed by atoms with Crippen molar-refractivity contribution in [2.45, 2.75) is 115 Å². The highest BCUT2D eigenvalue weighted by Gasteiger charge is 2.13. The van der Waals surface area contributed by atoms with Crippen LogP contribution in [-0.2, 0) is 42.8 Å². The van der Waals surface area contributed by atoms with Gasteiger partial charge in [0.15, 0.2) is 0 Å². The molecule has 44 heavy (non-hydrogen) atoms. The van der Waals surface area contributed by atoms with Gasteiger partial charge in [0.05, 0.1) is 64.4 Å². The van der Waals surface area contributed by atoms with E-state index in [4.69, 9.17) is 27.9 Å². The molecule has 0 bridgehead atoms. The lowest BCUT2D eigenvalue weighted by molar-refractivity contribution is -0.145. The molecule has 0 aliphatic rings. The van der Waals surface area contributed by atoms with Crippen molar-refractivity contribution in [1.82, 2.24) is 0 Å². The van der Waals surface area contributed by atoms with E-state index < -0.39 is 10.1 Å². The maximum atomic E-state index is 12.0. The predicted octanol–water partition coefficient (Wildman–Crippen LogP) is 7.26. The van der Waals surface area contributed by atoms with E-state index in [1.807, 2.05) is 0 Å². The van der Waals surface area contributed by atoms with E-state index in [0.29, 0.717) is 52.7 Å². The molecule has 0 aliphatic heterocycles. The van der Waals surface area contributed by atoms with Crippen LogP contribution in [0.1, 0.15) is 110 Å². The van der Waals surface area contributed by atoms with E-state index in [-0.39, 0.29) is 30.7 Å². The quantitative estimate of drug-likeness (QED) is 0.0444. The molecule has 0 saturated carbocycles. The van der Waals surface area contributed by atoms with E-state index in [9.17, 15) is 13.2 Å². The second kappa shape index (κ2) is 30.1. The summed E-state index contributed by atoms with van der Waals surface area (Å²) >= 11 is 0. The lowest BCUT2D eigenvalue weighted by Gasteiger charge is -2.08. The number of rotatable bonds is 33. The Morgan fingerprint density at radius 2 is 0.909 bits per heavy atom. The molecule has 0 aromatic heterocycles. The van der Waals surface area contributed by atoms with Crippen LogP contribution in [0.2, 0.25) is 0 Å². The van der Waals surface area contributed by atoms with E-state index in [1.165, 1.54) is 95.6 Å². The third-order valence-electron chi connectivity index (χ3n) is 7.09. The number of hydrogen-bond acceptors (Lipinski definition) is 9. The Morgan fingerprint density at radius 3 is 1.36 bits per heavy atom. The Hall–Kier alpha value is -1.56. The van der Waals surface area contributed by atoms with Crippen molar-refractivity contribution in [2.24, 2.45) is 0 Å². The zero-order chi connectivity index (χ0) is 31.8. The molecule has 0 spiro atoms. The van der Waals surface area contributed by atoms with Gasteiger partial charge >= 0.3 is 5.97 Å². The molecule has 0 radical (unpaired) electrons. The molecule has 256 valence electrons. The van der Waals surface area contributed by atoms with Crippen LogP contribution < -0.4 is 0 Å². The molecule has 9 nitrogen and oxygen atoms in total. The standard InChI is InChI=1S/C34H60O9S/c1-2-3-4-5-6-7-8-9-10-11-12-13-14-15-19-22-34(35)42-31-29-40-27-25-38-23-24-39-26-28-41-30-32-43-44(36,37)33-20-17-16-18-21-33/h16-18,20-21H,2-15,19,22-32H2,1H3. The van der Waals surface area contributed by atoms with Crippen molar-refractivity contribution in [1.29, 1.82) is 0 Å². The van der Waals surface area contributed by atoms with Crippen molar-refractivity contribution in [3.05, 3.63) is 30.3 Å². The van der Waals surface area contributed by atoms with Crippen LogP contribution in [0.5, 0.6) is 0 Å². The minimum absolute atomic E-state index is 0.0565. The number of benzene rings is 1. The van der Waals surface area contributed by atoms with Gasteiger partial charge in [-0.1, -0.05) is 115 Å². The highest BCUT2D eigenvalue weighted by Crippen LogP contribution is 2.14. The number of carbonyl (C=O) groups excluding carboxylic acids is 1. The Kier molecular flexibility index (Phi) is 27.7. The molecule has 0 N–H and O–H groups in total. The first-order valence-electron chi connectivity index (χ1n) is 17.0. The Labute approximate surface area is 267 Å². The molecule has 0 amide bonds. The molecule has 10 heteroatoms. The van der Waals surface area contributed by atoms with Crippen LogP contribution in [0.4, 0.5) is 0 Å². The molecule has 0 fully saturated rings. The minimum atomic E-state index is -3.75. The second-order valence-corrected chi connectivity index (χ2v) is 12.6. The van der Waals surface area contributed by atoms with E-state index >= 15 is 0 Å². The van der Waals surface area contributed by atoms with Gasteiger partial charge in [0, 0.05) is 6.42 Å². The summed E-state index contributed by atoms with van der Waals surface area (Å²) in [4.78, 5) is 12.0. The number of esters is 1. The fourth-order valence-electron chi connectivity index (χ4n) is 4.55. The van der Waals surface area contributed by atoms with Crippen molar-refractivity contribution in [3.8, 4) is 0 Å². The Morgan fingerprint density at radius 1 is 0.523 bits per heavy atom. The number of carbonyl (C=O) groups is 1. The smallest absolute Gasteiger partial charge is 0.305 e. The van der Waals surface area contributed by atoms with Crippen LogP contribution in [0.3, 0.4) is 0 Å². The lowest BCUT2D eigenvalue weighted by atomic mass is 10.0. The third-order valence-corrected chi connectivity index (χ3v) is 8.42.